The summed E-state index contributed by atoms with van der Waals surface area (Å²) < 4.78 is 0. The fourth-order valence-electron chi connectivity index (χ4n) is 2.02. The summed E-state index contributed by atoms with van der Waals surface area (Å²) in [6.07, 6.45) is 3.09. The van der Waals surface area contributed by atoms with E-state index in [0.29, 0.717) is 12.8 Å². The number of hydrogen-bond donors (Lipinski definition) is 2. The van der Waals surface area contributed by atoms with Crippen molar-refractivity contribution < 1.29 is 19.8 Å². The molecule has 0 bridgehead atoms. The van der Waals surface area contributed by atoms with Gasteiger partial charge in [0.05, 0.1) is 5.92 Å². The molecule has 2 N–H and O–H groups in total. The maximum absolute atomic E-state index is 10.7. The number of hydrogen-bond acceptors (Lipinski definition) is 2. The number of rotatable bonds is 4. The van der Waals surface area contributed by atoms with Gasteiger partial charge in [-0.05, 0) is 25.2 Å². The molecule has 1 fully saturated rings. The molecule has 0 aromatic rings. The minimum atomic E-state index is -0.837. The average Bonchev–Trinajstić information content (AvgIpc) is 2.47. The van der Waals surface area contributed by atoms with Crippen LogP contribution in [0.1, 0.15) is 32.1 Å². The summed E-state index contributed by atoms with van der Waals surface area (Å²) >= 11 is 0. The Morgan fingerprint density at radius 3 is 2.46 bits per heavy atom. The van der Waals surface area contributed by atoms with Crippen LogP contribution < -0.4 is 0 Å². The first-order valence-electron chi connectivity index (χ1n) is 4.56. The van der Waals surface area contributed by atoms with Crippen LogP contribution in [0.15, 0.2) is 0 Å². The van der Waals surface area contributed by atoms with Gasteiger partial charge in [-0.2, -0.15) is 0 Å². The van der Waals surface area contributed by atoms with E-state index in [4.69, 9.17) is 10.2 Å². The van der Waals surface area contributed by atoms with Gasteiger partial charge in [-0.25, -0.2) is 0 Å². The van der Waals surface area contributed by atoms with Gasteiger partial charge in [0.1, 0.15) is 0 Å². The predicted octanol–water partition coefficient (Wildman–Crippen LogP) is 1.35. The van der Waals surface area contributed by atoms with Crippen LogP contribution >= 0.6 is 0 Å². The van der Waals surface area contributed by atoms with Crippen molar-refractivity contribution in [3.63, 3.8) is 0 Å². The van der Waals surface area contributed by atoms with Gasteiger partial charge in [0.15, 0.2) is 0 Å². The smallest absolute Gasteiger partial charge is 0.306 e. The molecule has 4 heteroatoms. The van der Waals surface area contributed by atoms with Gasteiger partial charge in [-0.1, -0.05) is 6.42 Å². The third-order valence-electron chi connectivity index (χ3n) is 2.71. The van der Waals surface area contributed by atoms with Gasteiger partial charge in [0.25, 0.3) is 0 Å². The van der Waals surface area contributed by atoms with Crippen molar-refractivity contribution in [2.24, 2.45) is 11.8 Å². The second-order valence-electron chi connectivity index (χ2n) is 3.57. The summed E-state index contributed by atoms with van der Waals surface area (Å²) in [5.74, 6) is -1.84. The minimum Gasteiger partial charge on any atom is -0.481 e. The summed E-state index contributed by atoms with van der Waals surface area (Å²) in [6.45, 7) is 0. The van der Waals surface area contributed by atoms with E-state index in [1.807, 2.05) is 0 Å². The topological polar surface area (TPSA) is 74.6 Å². The maximum atomic E-state index is 10.7. The van der Waals surface area contributed by atoms with Crippen molar-refractivity contribution in [2.45, 2.75) is 32.1 Å². The van der Waals surface area contributed by atoms with Gasteiger partial charge >= 0.3 is 11.9 Å². The van der Waals surface area contributed by atoms with Crippen molar-refractivity contribution in [3.8, 4) is 0 Å². The first-order valence-corrected chi connectivity index (χ1v) is 4.56. The molecular weight excluding hydrogens is 172 g/mol. The Kier molecular flexibility index (Phi) is 3.28. The van der Waals surface area contributed by atoms with Crippen LogP contribution in [0, 0.1) is 11.8 Å². The van der Waals surface area contributed by atoms with Crippen LogP contribution in [0.2, 0.25) is 0 Å². The third kappa shape index (κ3) is 2.72. The normalized spacial score (nSPS) is 27.4. The Hall–Kier alpha value is -1.06. The Morgan fingerprint density at radius 2 is 1.92 bits per heavy atom. The van der Waals surface area contributed by atoms with E-state index in [2.05, 4.69) is 0 Å². The van der Waals surface area contributed by atoms with Gasteiger partial charge in [-0.3, -0.25) is 9.59 Å². The van der Waals surface area contributed by atoms with Gasteiger partial charge < -0.3 is 10.2 Å². The van der Waals surface area contributed by atoms with Crippen LogP contribution in [0.25, 0.3) is 0 Å². The van der Waals surface area contributed by atoms with Crippen LogP contribution in [0.5, 0.6) is 0 Å². The summed E-state index contributed by atoms with van der Waals surface area (Å²) in [5.41, 5.74) is 0. The first kappa shape index (κ1) is 10.0. The third-order valence-corrected chi connectivity index (χ3v) is 2.71. The molecule has 0 amide bonds. The van der Waals surface area contributed by atoms with Crippen molar-refractivity contribution in [3.05, 3.63) is 0 Å². The molecular formula is C9H14O4. The van der Waals surface area contributed by atoms with E-state index in [1.54, 1.807) is 0 Å². The average molecular weight is 186 g/mol. The summed E-state index contributed by atoms with van der Waals surface area (Å²) in [5, 5.41) is 17.3. The number of aliphatic carboxylic acids is 2. The van der Waals surface area contributed by atoms with E-state index in [0.717, 1.165) is 12.8 Å². The molecule has 1 aliphatic carbocycles. The second-order valence-corrected chi connectivity index (χ2v) is 3.57. The molecule has 0 aromatic heterocycles. The second kappa shape index (κ2) is 4.25. The molecule has 1 aliphatic rings. The Balaban J connectivity index is 2.39. The lowest BCUT2D eigenvalue weighted by atomic mass is 9.92. The van der Waals surface area contributed by atoms with E-state index in [-0.39, 0.29) is 18.3 Å². The highest BCUT2D eigenvalue weighted by molar-refractivity contribution is 5.71. The zero-order valence-electron chi connectivity index (χ0n) is 7.40. The highest BCUT2D eigenvalue weighted by atomic mass is 16.4. The van der Waals surface area contributed by atoms with Gasteiger partial charge in [-0.15, -0.1) is 0 Å². The molecule has 2 unspecified atom stereocenters. The molecule has 1 rings (SSSR count). The minimum absolute atomic E-state index is 0.0774. The number of carbonyl (C=O) groups is 2. The monoisotopic (exact) mass is 186 g/mol. The summed E-state index contributed by atoms with van der Waals surface area (Å²) in [4.78, 5) is 21.0. The first-order chi connectivity index (χ1) is 6.11. The lowest BCUT2D eigenvalue weighted by molar-refractivity contribution is -0.144. The van der Waals surface area contributed by atoms with Crippen LogP contribution in [-0.4, -0.2) is 22.2 Å². The van der Waals surface area contributed by atoms with Crippen molar-refractivity contribution in [1.29, 1.82) is 0 Å². The quantitative estimate of drug-likeness (QED) is 0.695. The molecule has 0 aromatic carbocycles. The molecule has 4 nitrogen and oxygen atoms in total. The highest BCUT2D eigenvalue weighted by Crippen LogP contribution is 2.34. The van der Waals surface area contributed by atoms with Crippen LogP contribution in [0.3, 0.4) is 0 Å². The largest absolute Gasteiger partial charge is 0.481 e. The summed E-state index contributed by atoms with van der Waals surface area (Å²) in [6, 6.07) is 0. The van der Waals surface area contributed by atoms with E-state index < -0.39 is 11.9 Å². The predicted molar refractivity (Wildman–Crippen MR) is 45.3 cm³/mol. The standard InChI is InChI=1S/C9H14O4/c10-8(11)5-4-6-2-1-3-7(6)9(12)13/h6-7H,1-5H2,(H,10,11)(H,12,13). The van der Waals surface area contributed by atoms with Crippen LogP contribution in [-0.2, 0) is 9.59 Å². The van der Waals surface area contributed by atoms with Gasteiger partial charge in [0.2, 0.25) is 0 Å². The molecule has 0 radical (unpaired) electrons. The molecule has 74 valence electrons. The zero-order valence-corrected chi connectivity index (χ0v) is 7.40. The SMILES string of the molecule is O=C(O)CCC1CCCC1C(=O)O. The van der Waals surface area contributed by atoms with Crippen molar-refractivity contribution >= 4 is 11.9 Å². The molecule has 2 atom stereocenters. The van der Waals surface area contributed by atoms with E-state index >= 15 is 0 Å². The Bertz CT molecular complexity index is 212. The van der Waals surface area contributed by atoms with Crippen LogP contribution in [0.4, 0.5) is 0 Å². The number of carboxylic acids is 2. The molecule has 1 saturated carbocycles. The van der Waals surface area contributed by atoms with E-state index in [1.165, 1.54) is 0 Å². The molecule has 0 heterocycles. The number of carboxylic acid groups (broad SMARTS) is 2. The van der Waals surface area contributed by atoms with Crippen molar-refractivity contribution in [2.75, 3.05) is 0 Å². The fraction of sp³-hybridized carbons (Fsp3) is 0.778. The Labute approximate surface area is 76.6 Å². The zero-order chi connectivity index (χ0) is 9.84. The molecule has 0 spiro atoms. The van der Waals surface area contributed by atoms with Gasteiger partial charge in [0, 0.05) is 6.42 Å². The maximum Gasteiger partial charge on any atom is 0.306 e. The van der Waals surface area contributed by atoms with E-state index in [9.17, 15) is 9.59 Å². The Morgan fingerprint density at radius 1 is 1.23 bits per heavy atom. The lowest BCUT2D eigenvalue weighted by Gasteiger charge is -2.13. The highest BCUT2D eigenvalue weighted by Gasteiger charge is 2.32. The fourth-order valence-corrected chi connectivity index (χ4v) is 2.02. The summed E-state index contributed by atoms with van der Waals surface area (Å²) in [7, 11) is 0. The molecule has 0 aliphatic heterocycles. The lowest BCUT2D eigenvalue weighted by Crippen LogP contribution is -2.18. The molecule has 0 saturated heterocycles. The van der Waals surface area contributed by atoms with Crippen molar-refractivity contribution in [1.82, 2.24) is 0 Å². The molecule has 13 heavy (non-hydrogen) atoms.